The molecule has 0 saturated heterocycles. The van der Waals surface area contributed by atoms with Crippen LogP contribution in [0.2, 0.25) is 0 Å². The molecule has 0 unspecified atom stereocenters. The van der Waals surface area contributed by atoms with E-state index in [1.165, 1.54) is 6.92 Å². The molecule has 0 saturated carbocycles. The first-order valence-electron chi connectivity index (χ1n) is 4.11. The Hall–Kier alpha value is -1.84. The summed E-state index contributed by atoms with van der Waals surface area (Å²) >= 11 is 0. The molecule has 1 atom stereocenters. The topological polar surface area (TPSA) is 66.4 Å². The number of hydrogen-bond acceptors (Lipinski definition) is 2. The van der Waals surface area contributed by atoms with Gasteiger partial charge in [0.05, 0.1) is 0 Å². The first-order chi connectivity index (χ1) is 6.61. The average molecular weight is 193 g/mol. The SMILES string of the molecule is C[C@](NC=O)(C(=O)O)c1ccccc1. The minimum Gasteiger partial charge on any atom is -0.479 e. The van der Waals surface area contributed by atoms with Crippen molar-refractivity contribution in [3.8, 4) is 0 Å². The third kappa shape index (κ3) is 1.74. The number of carboxylic acids is 1. The number of carbonyl (C=O) groups is 2. The summed E-state index contributed by atoms with van der Waals surface area (Å²) < 4.78 is 0. The van der Waals surface area contributed by atoms with E-state index in [-0.39, 0.29) is 0 Å². The van der Waals surface area contributed by atoms with Gasteiger partial charge in [0.2, 0.25) is 6.41 Å². The van der Waals surface area contributed by atoms with E-state index in [1.807, 2.05) is 0 Å². The summed E-state index contributed by atoms with van der Waals surface area (Å²) in [7, 11) is 0. The summed E-state index contributed by atoms with van der Waals surface area (Å²) in [5, 5.41) is 11.3. The van der Waals surface area contributed by atoms with Crippen LogP contribution in [0.15, 0.2) is 30.3 Å². The van der Waals surface area contributed by atoms with Gasteiger partial charge in [0.25, 0.3) is 0 Å². The van der Waals surface area contributed by atoms with Crippen molar-refractivity contribution in [2.24, 2.45) is 0 Å². The van der Waals surface area contributed by atoms with E-state index in [0.29, 0.717) is 12.0 Å². The minimum atomic E-state index is -1.36. The number of benzene rings is 1. The standard InChI is InChI=1S/C10H11NO3/c1-10(9(13)14,11-7-12)8-5-3-2-4-6-8/h2-7H,1H3,(H,11,12)(H,13,14)/t10-/m1/s1. The number of carbonyl (C=O) groups excluding carboxylic acids is 1. The van der Waals surface area contributed by atoms with Gasteiger partial charge in [-0.3, -0.25) is 4.79 Å². The van der Waals surface area contributed by atoms with Gasteiger partial charge in [0.15, 0.2) is 5.54 Å². The second kappa shape index (κ2) is 3.91. The molecule has 0 heterocycles. The lowest BCUT2D eigenvalue weighted by molar-refractivity contribution is -0.145. The van der Waals surface area contributed by atoms with Crippen molar-refractivity contribution in [1.29, 1.82) is 0 Å². The van der Waals surface area contributed by atoms with Crippen molar-refractivity contribution in [3.63, 3.8) is 0 Å². The van der Waals surface area contributed by atoms with Gasteiger partial charge in [-0.1, -0.05) is 30.3 Å². The summed E-state index contributed by atoms with van der Waals surface area (Å²) in [4.78, 5) is 21.3. The molecule has 1 amide bonds. The Morgan fingerprint density at radius 3 is 2.43 bits per heavy atom. The van der Waals surface area contributed by atoms with Crippen LogP contribution in [0.3, 0.4) is 0 Å². The number of carboxylic acid groups (broad SMARTS) is 1. The van der Waals surface area contributed by atoms with Gasteiger partial charge in [0, 0.05) is 0 Å². The first-order valence-corrected chi connectivity index (χ1v) is 4.11. The van der Waals surface area contributed by atoms with E-state index in [9.17, 15) is 9.59 Å². The van der Waals surface area contributed by atoms with Gasteiger partial charge >= 0.3 is 5.97 Å². The molecule has 0 aromatic heterocycles. The lowest BCUT2D eigenvalue weighted by Crippen LogP contribution is -2.45. The molecule has 0 aliphatic carbocycles. The number of amides is 1. The Morgan fingerprint density at radius 2 is 2.00 bits per heavy atom. The number of hydrogen-bond donors (Lipinski definition) is 2. The lowest BCUT2D eigenvalue weighted by atomic mass is 9.92. The van der Waals surface area contributed by atoms with Crippen molar-refractivity contribution in [2.75, 3.05) is 0 Å². The van der Waals surface area contributed by atoms with Crippen molar-refractivity contribution in [3.05, 3.63) is 35.9 Å². The average Bonchev–Trinajstić information content (AvgIpc) is 2.19. The molecule has 0 spiro atoms. The van der Waals surface area contributed by atoms with Gasteiger partial charge in [-0.2, -0.15) is 0 Å². The molecule has 0 aliphatic heterocycles. The lowest BCUT2D eigenvalue weighted by Gasteiger charge is -2.24. The van der Waals surface area contributed by atoms with Gasteiger partial charge in [-0.05, 0) is 12.5 Å². The van der Waals surface area contributed by atoms with Gasteiger partial charge in [-0.25, -0.2) is 4.79 Å². The highest BCUT2D eigenvalue weighted by Crippen LogP contribution is 2.19. The zero-order chi connectivity index (χ0) is 10.6. The molecule has 1 aromatic rings. The fourth-order valence-corrected chi connectivity index (χ4v) is 1.16. The van der Waals surface area contributed by atoms with Gasteiger partial charge < -0.3 is 10.4 Å². The van der Waals surface area contributed by atoms with Gasteiger partial charge in [0.1, 0.15) is 0 Å². The quantitative estimate of drug-likeness (QED) is 0.693. The molecule has 1 aromatic carbocycles. The van der Waals surface area contributed by atoms with Crippen LogP contribution < -0.4 is 5.32 Å². The summed E-state index contributed by atoms with van der Waals surface area (Å²) in [5.41, 5.74) is -0.817. The van der Waals surface area contributed by atoms with Crippen LogP contribution in [0.25, 0.3) is 0 Å². The van der Waals surface area contributed by atoms with E-state index >= 15 is 0 Å². The molecule has 0 bridgehead atoms. The summed E-state index contributed by atoms with van der Waals surface area (Å²) in [6, 6.07) is 8.55. The summed E-state index contributed by atoms with van der Waals surface area (Å²) in [6.07, 6.45) is 0.390. The number of nitrogens with one attached hydrogen (secondary N) is 1. The second-order valence-electron chi connectivity index (χ2n) is 3.06. The molecule has 2 N–H and O–H groups in total. The molecule has 0 radical (unpaired) electrons. The number of rotatable bonds is 4. The molecule has 74 valence electrons. The smallest absolute Gasteiger partial charge is 0.333 e. The first kappa shape index (κ1) is 10.2. The second-order valence-corrected chi connectivity index (χ2v) is 3.06. The zero-order valence-electron chi connectivity index (χ0n) is 7.73. The highest BCUT2D eigenvalue weighted by atomic mass is 16.4. The predicted molar refractivity (Wildman–Crippen MR) is 50.6 cm³/mol. The van der Waals surface area contributed by atoms with Crippen molar-refractivity contribution in [2.45, 2.75) is 12.5 Å². The molecule has 4 heteroatoms. The van der Waals surface area contributed by atoms with Crippen LogP contribution >= 0.6 is 0 Å². The molecule has 0 aliphatic rings. The molecule has 14 heavy (non-hydrogen) atoms. The van der Waals surface area contributed by atoms with Gasteiger partial charge in [-0.15, -0.1) is 0 Å². The summed E-state index contributed by atoms with van der Waals surface area (Å²) in [5.74, 6) is -1.09. The van der Waals surface area contributed by atoms with Crippen LogP contribution in [0.4, 0.5) is 0 Å². The maximum Gasteiger partial charge on any atom is 0.333 e. The molecule has 4 nitrogen and oxygen atoms in total. The maximum atomic E-state index is 11.0. The largest absolute Gasteiger partial charge is 0.479 e. The highest BCUT2D eigenvalue weighted by molar-refractivity contribution is 5.82. The maximum absolute atomic E-state index is 11.0. The van der Waals surface area contributed by atoms with Crippen molar-refractivity contribution < 1.29 is 14.7 Å². The Morgan fingerprint density at radius 1 is 1.43 bits per heavy atom. The van der Waals surface area contributed by atoms with Crippen LogP contribution in [0.5, 0.6) is 0 Å². The Kier molecular flexibility index (Phi) is 2.86. The van der Waals surface area contributed by atoms with E-state index in [2.05, 4.69) is 5.32 Å². The predicted octanol–water partition coefficient (Wildman–Crippen LogP) is 0.732. The Bertz CT molecular complexity index is 336. The van der Waals surface area contributed by atoms with Crippen LogP contribution in [0, 0.1) is 0 Å². The van der Waals surface area contributed by atoms with Crippen LogP contribution in [-0.2, 0) is 15.1 Å². The van der Waals surface area contributed by atoms with E-state index in [1.54, 1.807) is 30.3 Å². The monoisotopic (exact) mass is 193 g/mol. The normalized spacial score (nSPS) is 14.1. The molecular weight excluding hydrogens is 182 g/mol. The third-order valence-corrected chi connectivity index (χ3v) is 2.13. The van der Waals surface area contributed by atoms with Crippen LogP contribution in [-0.4, -0.2) is 17.5 Å². The Balaban J connectivity index is 3.12. The fraction of sp³-hybridized carbons (Fsp3) is 0.200. The van der Waals surface area contributed by atoms with E-state index in [4.69, 9.17) is 5.11 Å². The molecule has 1 rings (SSSR count). The third-order valence-electron chi connectivity index (χ3n) is 2.13. The molecule has 0 fully saturated rings. The fourth-order valence-electron chi connectivity index (χ4n) is 1.16. The van der Waals surface area contributed by atoms with E-state index in [0.717, 1.165) is 0 Å². The minimum absolute atomic E-state index is 0.390. The number of aliphatic carboxylic acids is 1. The highest BCUT2D eigenvalue weighted by Gasteiger charge is 2.34. The Labute approximate surface area is 81.6 Å². The van der Waals surface area contributed by atoms with E-state index < -0.39 is 11.5 Å². The summed E-state index contributed by atoms with van der Waals surface area (Å²) in [6.45, 7) is 1.44. The molecular formula is C10H11NO3. The van der Waals surface area contributed by atoms with Crippen LogP contribution in [0.1, 0.15) is 12.5 Å². The zero-order valence-corrected chi connectivity index (χ0v) is 7.73. The van der Waals surface area contributed by atoms with Crippen molar-refractivity contribution >= 4 is 12.4 Å². The van der Waals surface area contributed by atoms with Crippen molar-refractivity contribution in [1.82, 2.24) is 5.32 Å².